The first-order chi connectivity index (χ1) is 7.27. The van der Waals surface area contributed by atoms with E-state index in [0.717, 1.165) is 12.8 Å². The fourth-order valence-corrected chi connectivity index (χ4v) is 2.02. The van der Waals surface area contributed by atoms with Crippen molar-refractivity contribution in [3.05, 3.63) is 18.2 Å². The highest BCUT2D eigenvalue weighted by Crippen LogP contribution is 2.34. The van der Waals surface area contributed by atoms with Crippen LogP contribution in [0.15, 0.2) is 18.2 Å². The van der Waals surface area contributed by atoms with Crippen LogP contribution in [0, 0.1) is 0 Å². The maximum Gasteiger partial charge on any atom is 0.184 e. The van der Waals surface area contributed by atoms with E-state index in [2.05, 4.69) is 0 Å². The zero-order valence-electron chi connectivity index (χ0n) is 8.78. The van der Waals surface area contributed by atoms with Gasteiger partial charge in [0.2, 0.25) is 0 Å². The lowest BCUT2D eigenvalue weighted by Crippen LogP contribution is -2.20. The van der Waals surface area contributed by atoms with E-state index in [1.165, 1.54) is 19.3 Å². The van der Waals surface area contributed by atoms with Gasteiger partial charge in [-0.2, -0.15) is 0 Å². The number of rotatable bonds is 2. The van der Waals surface area contributed by atoms with E-state index in [0.29, 0.717) is 11.4 Å². The van der Waals surface area contributed by atoms with Crippen molar-refractivity contribution in [1.29, 1.82) is 0 Å². The summed E-state index contributed by atoms with van der Waals surface area (Å²) in [7, 11) is 0. The van der Waals surface area contributed by atoms with Crippen molar-refractivity contribution < 1.29 is 9.84 Å². The predicted octanol–water partition coefficient (Wildman–Crippen LogP) is 2.69. The summed E-state index contributed by atoms with van der Waals surface area (Å²) in [6, 6.07) is 5.07. The van der Waals surface area contributed by atoms with E-state index in [1.54, 1.807) is 18.2 Å². The molecule has 3 N–H and O–H groups in total. The summed E-state index contributed by atoms with van der Waals surface area (Å²) in [5.41, 5.74) is 6.27. The summed E-state index contributed by atoms with van der Waals surface area (Å²) in [5.74, 6) is 0.588. The summed E-state index contributed by atoms with van der Waals surface area (Å²) < 4.78 is 5.74. The van der Waals surface area contributed by atoms with Crippen LogP contribution in [0.1, 0.15) is 32.1 Å². The van der Waals surface area contributed by atoms with Crippen LogP contribution >= 0.6 is 0 Å². The number of aromatic hydroxyl groups is 1. The van der Waals surface area contributed by atoms with Gasteiger partial charge in [-0.05, 0) is 37.8 Å². The maximum atomic E-state index is 9.62. The zero-order chi connectivity index (χ0) is 10.7. The number of ether oxygens (including phenoxy) is 1. The molecule has 1 aromatic carbocycles. The molecule has 3 heteroatoms. The second kappa shape index (κ2) is 4.43. The number of phenolic OH excluding ortho intramolecular Hbond substituents is 1. The molecule has 0 atom stereocenters. The highest BCUT2D eigenvalue weighted by Gasteiger charge is 2.17. The summed E-state index contributed by atoms with van der Waals surface area (Å²) in [4.78, 5) is 0. The van der Waals surface area contributed by atoms with E-state index in [-0.39, 0.29) is 11.9 Å². The molecular weight excluding hydrogens is 190 g/mol. The number of anilines is 1. The van der Waals surface area contributed by atoms with E-state index < -0.39 is 0 Å². The van der Waals surface area contributed by atoms with Gasteiger partial charge in [0.05, 0.1) is 11.8 Å². The van der Waals surface area contributed by atoms with E-state index >= 15 is 0 Å². The molecule has 82 valence electrons. The lowest BCUT2D eigenvalue weighted by atomic mass is 9.98. The fraction of sp³-hybridized carbons (Fsp3) is 0.500. The van der Waals surface area contributed by atoms with Crippen LogP contribution in [-0.4, -0.2) is 11.2 Å². The lowest BCUT2D eigenvalue weighted by molar-refractivity contribution is 0.151. The Labute approximate surface area is 89.9 Å². The maximum absolute atomic E-state index is 9.62. The fourth-order valence-electron chi connectivity index (χ4n) is 2.02. The summed E-state index contributed by atoms with van der Waals surface area (Å²) in [6.07, 6.45) is 6.04. The van der Waals surface area contributed by atoms with Crippen LogP contribution in [0.5, 0.6) is 11.5 Å². The molecular formula is C12H17NO2. The van der Waals surface area contributed by atoms with Gasteiger partial charge in [-0.1, -0.05) is 12.5 Å². The number of nitrogen functional groups attached to an aromatic ring is 1. The van der Waals surface area contributed by atoms with Crippen molar-refractivity contribution in [1.82, 2.24) is 0 Å². The van der Waals surface area contributed by atoms with Crippen LogP contribution in [0.2, 0.25) is 0 Å². The number of benzene rings is 1. The Morgan fingerprint density at radius 3 is 2.60 bits per heavy atom. The number of hydrogen-bond donors (Lipinski definition) is 2. The normalized spacial score (nSPS) is 17.6. The Bertz CT molecular complexity index is 312. The molecule has 0 spiro atoms. The van der Waals surface area contributed by atoms with E-state index in [4.69, 9.17) is 10.5 Å². The molecule has 0 amide bonds. The minimum absolute atomic E-state index is 0.139. The van der Waals surface area contributed by atoms with Gasteiger partial charge in [0.15, 0.2) is 11.5 Å². The Morgan fingerprint density at radius 2 is 1.93 bits per heavy atom. The van der Waals surface area contributed by atoms with Gasteiger partial charge in [-0.3, -0.25) is 0 Å². The topological polar surface area (TPSA) is 55.5 Å². The Kier molecular flexibility index (Phi) is 2.99. The molecule has 0 heterocycles. The molecule has 0 bridgehead atoms. The van der Waals surface area contributed by atoms with Gasteiger partial charge in [0.25, 0.3) is 0 Å². The minimum atomic E-state index is 0.139. The highest BCUT2D eigenvalue weighted by molar-refractivity contribution is 5.59. The Hall–Kier alpha value is -1.38. The average Bonchev–Trinajstić information content (AvgIpc) is 2.25. The number of nitrogens with two attached hydrogens (primary N) is 1. The largest absolute Gasteiger partial charge is 0.504 e. The molecule has 0 aromatic heterocycles. The molecule has 2 rings (SSSR count). The standard InChI is InChI=1S/C12H17NO2/c13-10-7-4-8-11(14)12(10)15-9-5-2-1-3-6-9/h4,7-9,14H,1-3,5-6,13H2. The molecule has 3 nitrogen and oxygen atoms in total. The summed E-state index contributed by atoms with van der Waals surface area (Å²) >= 11 is 0. The third-order valence-electron chi connectivity index (χ3n) is 2.86. The molecule has 0 unspecified atom stereocenters. The molecule has 1 fully saturated rings. The first kappa shape index (κ1) is 10.1. The van der Waals surface area contributed by atoms with Gasteiger partial charge in [-0.25, -0.2) is 0 Å². The number of para-hydroxylation sites is 1. The van der Waals surface area contributed by atoms with Crippen molar-refractivity contribution in [2.45, 2.75) is 38.2 Å². The van der Waals surface area contributed by atoms with Crippen molar-refractivity contribution >= 4 is 5.69 Å². The third-order valence-corrected chi connectivity index (χ3v) is 2.86. The number of hydrogen-bond acceptors (Lipinski definition) is 3. The monoisotopic (exact) mass is 207 g/mol. The summed E-state index contributed by atoms with van der Waals surface area (Å²) in [5, 5.41) is 9.62. The second-order valence-electron chi connectivity index (χ2n) is 4.07. The van der Waals surface area contributed by atoms with Crippen LogP contribution in [0.3, 0.4) is 0 Å². The lowest BCUT2D eigenvalue weighted by Gasteiger charge is -2.24. The minimum Gasteiger partial charge on any atom is -0.504 e. The quantitative estimate of drug-likeness (QED) is 0.733. The molecule has 15 heavy (non-hydrogen) atoms. The SMILES string of the molecule is Nc1cccc(O)c1OC1CCCCC1. The molecule has 0 saturated heterocycles. The number of phenols is 1. The van der Waals surface area contributed by atoms with Crippen molar-refractivity contribution in [3.8, 4) is 11.5 Å². The molecule has 1 aliphatic rings. The molecule has 0 aliphatic heterocycles. The Morgan fingerprint density at radius 1 is 1.20 bits per heavy atom. The van der Waals surface area contributed by atoms with Crippen LogP contribution in [0.4, 0.5) is 5.69 Å². The van der Waals surface area contributed by atoms with Gasteiger partial charge >= 0.3 is 0 Å². The van der Waals surface area contributed by atoms with Gasteiger partial charge in [-0.15, -0.1) is 0 Å². The Balaban J connectivity index is 2.09. The van der Waals surface area contributed by atoms with E-state index in [9.17, 15) is 5.11 Å². The van der Waals surface area contributed by atoms with Crippen molar-refractivity contribution in [2.24, 2.45) is 0 Å². The van der Waals surface area contributed by atoms with Crippen molar-refractivity contribution in [2.75, 3.05) is 5.73 Å². The first-order valence-electron chi connectivity index (χ1n) is 5.51. The molecule has 1 saturated carbocycles. The molecule has 0 radical (unpaired) electrons. The smallest absolute Gasteiger partial charge is 0.184 e. The van der Waals surface area contributed by atoms with E-state index in [1.807, 2.05) is 0 Å². The summed E-state index contributed by atoms with van der Waals surface area (Å²) in [6.45, 7) is 0. The first-order valence-corrected chi connectivity index (χ1v) is 5.51. The zero-order valence-corrected chi connectivity index (χ0v) is 8.78. The predicted molar refractivity (Wildman–Crippen MR) is 60.0 cm³/mol. The molecule has 1 aliphatic carbocycles. The average molecular weight is 207 g/mol. The van der Waals surface area contributed by atoms with Crippen molar-refractivity contribution in [3.63, 3.8) is 0 Å². The van der Waals surface area contributed by atoms with Crippen LogP contribution in [0.25, 0.3) is 0 Å². The van der Waals surface area contributed by atoms with Gasteiger partial charge in [0.1, 0.15) is 0 Å². The highest BCUT2D eigenvalue weighted by atomic mass is 16.5. The third kappa shape index (κ3) is 2.35. The van der Waals surface area contributed by atoms with Crippen LogP contribution in [-0.2, 0) is 0 Å². The van der Waals surface area contributed by atoms with Gasteiger partial charge < -0.3 is 15.6 Å². The second-order valence-corrected chi connectivity index (χ2v) is 4.07. The van der Waals surface area contributed by atoms with Crippen LogP contribution < -0.4 is 10.5 Å². The molecule has 1 aromatic rings. The van der Waals surface area contributed by atoms with Gasteiger partial charge in [0, 0.05) is 0 Å².